The molecular weight excluding hydrogens is 188 g/mol. The van der Waals surface area contributed by atoms with E-state index in [2.05, 4.69) is 17.0 Å². The largest absolute Gasteiger partial charge is 0.411 e. The van der Waals surface area contributed by atoms with E-state index in [1.165, 1.54) is 6.21 Å². The average Bonchev–Trinajstić information content (AvgIpc) is 2.20. The lowest BCUT2D eigenvalue weighted by atomic mass is 10.1. The van der Waals surface area contributed by atoms with Crippen LogP contribution < -0.4 is 0 Å². The molecule has 1 rings (SSSR count). The standard InChI is InChI=1S/C12H14N2O/c1-14(2)9-3-4-11-5-7-12(8-6-11)10-13-15/h5-8,10,15H,9H2,1-2H3/b13-10-. The topological polar surface area (TPSA) is 35.8 Å². The molecule has 3 nitrogen and oxygen atoms in total. The minimum absolute atomic E-state index is 0.750. The van der Waals surface area contributed by atoms with Gasteiger partial charge in [0.2, 0.25) is 0 Å². The Balaban J connectivity index is 2.66. The van der Waals surface area contributed by atoms with Gasteiger partial charge < -0.3 is 5.21 Å². The van der Waals surface area contributed by atoms with E-state index in [0.717, 1.165) is 17.7 Å². The summed E-state index contributed by atoms with van der Waals surface area (Å²) < 4.78 is 0. The maximum atomic E-state index is 8.33. The second kappa shape index (κ2) is 5.84. The molecule has 0 unspecified atom stereocenters. The van der Waals surface area contributed by atoms with Crippen molar-refractivity contribution < 1.29 is 5.21 Å². The Morgan fingerprint density at radius 3 is 2.53 bits per heavy atom. The quantitative estimate of drug-likeness (QED) is 0.340. The van der Waals surface area contributed by atoms with Crippen LogP contribution in [0.25, 0.3) is 0 Å². The van der Waals surface area contributed by atoms with Crippen molar-refractivity contribution in [2.45, 2.75) is 0 Å². The molecule has 3 heteroatoms. The van der Waals surface area contributed by atoms with Gasteiger partial charge in [0.05, 0.1) is 12.8 Å². The predicted molar refractivity (Wildman–Crippen MR) is 61.3 cm³/mol. The summed E-state index contributed by atoms with van der Waals surface area (Å²) in [6.45, 7) is 0.750. The van der Waals surface area contributed by atoms with Gasteiger partial charge in [0.15, 0.2) is 0 Å². The SMILES string of the molecule is CN(C)CC#Cc1ccc(/C=N\O)cc1. The lowest BCUT2D eigenvalue weighted by Gasteiger charge is -2.00. The van der Waals surface area contributed by atoms with Crippen LogP contribution in [0.4, 0.5) is 0 Å². The van der Waals surface area contributed by atoms with Crippen molar-refractivity contribution in [3.63, 3.8) is 0 Å². The summed E-state index contributed by atoms with van der Waals surface area (Å²) in [5, 5.41) is 11.3. The van der Waals surface area contributed by atoms with Crippen LogP contribution in [0.5, 0.6) is 0 Å². The molecule has 0 aliphatic rings. The summed E-state index contributed by atoms with van der Waals surface area (Å²) >= 11 is 0. The van der Waals surface area contributed by atoms with E-state index in [-0.39, 0.29) is 0 Å². The lowest BCUT2D eigenvalue weighted by Crippen LogP contribution is -2.10. The van der Waals surface area contributed by atoms with Gasteiger partial charge in [0, 0.05) is 5.56 Å². The van der Waals surface area contributed by atoms with Gasteiger partial charge in [-0.2, -0.15) is 0 Å². The lowest BCUT2D eigenvalue weighted by molar-refractivity contribution is 0.322. The van der Waals surface area contributed by atoms with E-state index in [0.29, 0.717) is 0 Å². The van der Waals surface area contributed by atoms with Crippen molar-refractivity contribution in [3.8, 4) is 11.8 Å². The highest BCUT2D eigenvalue weighted by molar-refractivity contribution is 5.79. The molecule has 0 fully saturated rings. The van der Waals surface area contributed by atoms with E-state index >= 15 is 0 Å². The van der Waals surface area contributed by atoms with Crippen LogP contribution in [0.3, 0.4) is 0 Å². The van der Waals surface area contributed by atoms with E-state index in [1.807, 2.05) is 43.3 Å². The first-order valence-electron chi connectivity index (χ1n) is 4.63. The Kier molecular flexibility index (Phi) is 4.39. The highest BCUT2D eigenvalue weighted by atomic mass is 16.4. The molecule has 0 amide bonds. The Morgan fingerprint density at radius 2 is 2.00 bits per heavy atom. The van der Waals surface area contributed by atoms with Gasteiger partial charge in [-0.25, -0.2) is 0 Å². The summed E-state index contributed by atoms with van der Waals surface area (Å²) in [7, 11) is 3.96. The first-order valence-corrected chi connectivity index (χ1v) is 4.63. The van der Waals surface area contributed by atoms with Crippen molar-refractivity contribution in [2.24, 2.45) is 5.16 Å². The van der Waals surface area contributed by atoms with Crippen LogP contribution >= 0.6 is 0 Å². The van der Waals surface area contributed by atoms with Gasteiger partial charge in [0.1, 0.15) is 0 Å². The molecule has 0 bridgehead atoms. The summed E-state index contributed by atoms with van der Waals surface area (Å²) in [4.78, 5) is 2.01. The summed E-state index contributed by atoms with van der Waals surface area (Å²) in [5.74, 6) is 6.09. The third kappa shape index (κ3) is 4.30. The molecule has 78 valence electrons. The van der Waals surface area contributed by atoms with Gasteiger partial charge in [0.25, 0.3) is 0 Å². The fraction of sp³-hybridized carbons (Fsp3) is 0.250. The van der Waals surface area contributed by atoms with Gasteiger partial charge in [-0.3, -0.25) is 4.90 Å². The Morgan fingerprint density at radius 1 is 1.33 bits per heavy atom. The van der Waals surface area contributed by atoms with Gasteiger partial charge in [-0.1, -0.05) is 29.1 Å². The van der Waals surface area contributed by atoms with Gasteiger partial charge >= 0.3 is 0 Å². The van der Waals surface area contributed by atoms with Crippen LogP contribution in [0.2, 0.25) is 0 Å². The van der Waals surface area contributed by atoms with E-state index < -0.39 is 0 Å². The zero-order valence-electron chi connectivity index (χ0n) is 8.94. The first-order chi connectivity index (χ1) is 7.22. The van der Waals surface area contributed by atoms with Crippen molar-refractivity contribution in [1.82, 2.24) is 4.90 Å². The number of oxime groups is 1. The smallest absolute Gasteiger partial charge is 0.0733 e. The summed E-state index contributed by atoms with van der Waals surface area (Å²) in [6.07, 6.45) is 1.39. The predicted octanol–water partition coefficient (Wildman–Crippen LogP) is 1.41. The number of rotatable bonds is 2. The Hall–Kier alpha value is -1.79. The maximum absolute atomic E-state index is 8.33. The number of hydrogen-bond acceptors (Lipinski definition) is 3. The second-order valence-corrected chi connectivity index (χ2v) is 3.41. The van der Waals surface area contributed by atoms with Crippen molar-refractivity contribution in [2.75, 3.05) is 20.6 Å². The van der Waals surface area contributed by atoms with Crippen LogP contribution in [-0.4, -0.2) is 37.0 Å². The molecule has 0 radical (unpaired) electrons. The molecule has 1 aromatic rings. The fourth-order valence-electron chi connectivity index (χ4n) is 1.02. The minimum Gasteiger partial charge on any atom is -0.411 e. The van der Waals surface area contributed by atoms with Crippen LogP contribution in [-0.2, 0) is 0 Å². The van der Waals surface area contributed by atoms with Crippen LogP contribution in [0.1, 0.15) is 11.1 Å². The van der Waals surface area contributed by atoms with Crippen LogP contribution in [0, 0.1) is 11.8 Å². The van der Waals surface area contributed by atoms with E-state index in [9.17, 15) is 0 Å². The molecule has 0 saturated carbocycles. The number of hydrogen-bond donors (Lipinski definition) is 1. The van der Waals surface area contributed by atoms with E-state index in [1.54, 1.807) is 0 Å². The van der Waals surface area contributed by atoms with Crippen molar-refractivity contribution in [1.29, 1.82) is 0 Å². The molecule has 0 aliphatic heterocycles. The Labute approximate surface area is 90.0 Å². The zero-order chi connectivity index (χ0) is 11.1. The zero-order valence-corrected chi connectivity index (χ0v) is 8.94. The molecule has 15 heavy (non-hydrogen) atoms. The molecular formula is C12H14N2O. The first kappa shape index (κ1) is 11.3. The Bertz CT molecular complexity index is 382. The fourth-order valence-corrected chi connectivity index (χ4v) is 1.02. The molecule has 0 aliphatic carbocycles. The second-order valence-electron chi connectivity index (χ2n) is 3.41. The maximum Gasteiger partial charge on any atom is 0.0733 e. The molecule has 0 spiro atoms. The minimum atomic E-state index is 0.750. The molecule has 1 aromatic carbocycles. The molecule has 0 saturated heterocycles. The highest BCUT2D eigenvalue weighted by Gasteiger charge is 1.88. The third-order valence-corrected chi connectivity index (χ3v) is 1.75. The van der Waals surface area contributed by atoms with Crippen molar-refractivity contribution in [3.05, 3.63) is 35.4 Å². The monoisotopic (exact) mass is 202 g/mol. The third-order valence-electron chi connectivity index (χ3n) is 1.75. The normalized spacial score (nSPS) is 10.3. The molecule has 0 heterocycles. The van der Waals surface area contributed by atoms with Crippen molar-refractivity contribution >= 4 is 6.21 Å². The van der Waals surface area contributed by atoms with Gasteiger partial charge in [-0.05, 0) is 31.8 Å². The van der Waals surface area contributed by atoms with Gasteiger partial charge in [-0.15, -0.1) is 0 Å². The molecule has 0 aromatic heterocycles. The highest BCUT2D eigenvalue weighted by Crippen LogP contribution is 2.00. The number of nitrogens with zero attached hydrogens (tertiary/aromatic N) is 2. The van der Waals surface area contributed by atoms with Crippen LogP contribution in [0.15, 0.2) is 29.4 Å². The van der Waals surface area contributed by atoms with E-state index in [4.69, 9.17) is 5.21 Å². The molecule has 0 atom stereocenters. The summed E-state index contributed by atoms with van der Waals surface area (Å²) in [6, 6.07) is 7.53. The molecule has 1 N–H and O–H groups in total. The summed E-state index contributed by atoms with van der Waals surface area (Å²) in [5.41, 5.74) is 1.82. The number of benzene rings is 1. The average molecular weight is 202 g/mol.